The van der Waals surface area contributed by atoms with E-state index < -0.39 is 17.7 Å². The summed E-state index contributed by atoms with van der Waals surface area (Å²) >= 11 is 0. The lowest BCUT2D eigenvalue weighted by atomic mass is 10.1. The first-order valence-electron chi connectivity index (χ1n) is 12.0. The highest BCUT2D eigenvalue weighted by molar-refractivity contribution is 5.91. The van der Waals surface area contributed by atoms with Crippen molar-refractivity contribution in [3.63, 3.8) is 0 Å². The number of imidazole rings is 1. The number of nitrogens with zero attached hydrogens (tertiary/aromatic N) is 6. The molecule has 1 aliphatic heterocycles. The Kier molecular flexibility index (Phi) is 6.23. The number of hydrogen-bond acceptors (Lipinski definition) is 7. The molecule has 12 heteroatoms. The molecule has 9 nitrogen and oxygen atoms in total. The van der Waals surface area contributed by atoms with E-state index in [2.05, 4.69) is 25.1 Å². The van der Waals surface area contributed by atoms with Crippen molar-refractivity contribution in [2.45, 2.75) is 38.5 Å². The summed E-state index contributed by atoms with van der Waals surface area (Å²) in [6.07, 6.45) is -2.24. The van der Waals surface area contributed by atoms with Gasteiger partial charge in [0, 0.05) is 32.2 Å². The Bertz CT molecular complexity index is 1260. The minimum Gasteiger partial charge on any atom is -0.475 e. The Morgan fingerprint density at radius 1 is 1.11 bits per heavy atom. The molecule has 0 bridgehead atoms. The number of carboxylic acids is 1. The van der Waals surface area contributed by atoms with E-state index in [1.807, 2.05) is 18.5 Å². The Morgan fingerprint density at radius 3 is 2.36 bits per heavy atom. The van der Waals surface area contributed by atoms with Gasteiger partial charge in [-0.25, -0.2) is 14.8 Å². The highest BCUT2D eigenvalue weighted by Gasteiger charge is 2.32. The number of halogens is 3. The van der Waals surface area contributed by atoms with E-state index in [9.17, 15) is 23.1 Å². The second-order valence-electron chi connectivity index (χ2n) is 9.63. The van der Waals surface area contributed by atoms with Gasteiger partial charge in [-0.05, 0) is 50.4 Å². The normalized spacial score (nSPS) is 18.0. The summed E-state index contributed by atoms with van der Waals surface area (Å²) in [6.45, 7) is 5.31. The predicted octanol–water partition coefficient (Wildman–Crippen LogP) is 3.55. The fraction of sp³-hybridized carbons (Fsp3) is 0.500. The van der Waals surface area contributed by atoms with Crippen LogP contribution in [0, 0.1) is 5.92 Å². The second-order valence-corrected chi connectivity index (χ2v) is 9.63. The van der Waals surface area contributed by atoms with Gasteiger partial charge in [0.05, 0.1) is 12.1 Å². The molecule has 1 saturated carbocycles. The molecule has 2 fully saturated rings. The van der Waals surface area contributed by atoms with Crippen molar-refractivity contribution in [3.8, 4) is 0 Å². The van der Waals surface area contributed by atoms with Crippen molar-refractivity contribution < 1.29 is 23.1 Å². The first kappa shape index (κ1) is 24.3. The van der Waals surface area contributed by atoms with Crippen LogP contribution in [-0.4, -0.2) is 74.8 Å². The fourth-order valence-corrected chi connectivity index (χ4v) is 4.53. The van der Waals surface area contributed by atoms with Gasteiger partial charge in [0.1, 0.15) is 5.52 Å². The minimum absolute atomic E-state index is 0.0752. The molecular weight excluding hydrogens is 475 g/mol. The van der Waals surface area contributed by atoms with Crippen molar-refractivity contribution in [2.75, 3.05) is 43.4 Å². The number of piperazine rings is 1. The lowest BCUT2D eigenvalue weighted by Gasteiger charge is -2.33. The van der Waals surface area contributed by atoms with Crippen LogP contribution in [-0.2, 0) is 12.7 Å². The van der Waals surface area contributed by atoms with Gasteiger partial charge in [-0.1, -0.05) is 12.1 Å². The maximum absolute atomic E-state index is 13.1. The first-order chi connectivity index (χ1) is 17.1. The summed E-state index contributed by atoms with van der Waals surface area (Å²) in [6, 6.07) is 5.12. The maximum Gasteiger partial charge on any atom is 0.416 e. The Morgan fingerprint density at radius 2 is 1.78 bits per heavy atom. The van der Waals surface area contributed by atoms with E-state index in [1.54, 1.807) is 0 Å². The van der Waals surface area contributed by atoms with Gasteiger partial charge in [-0.2, -0.15) is 18.2 Å². The molecule has 3 heterocycles. The number of carbonyl (C=O) groups is 1. The molecule has 5 rings (SSSR count). The predicted molar refractivity (Wildman–Crippen MR) is 128 cm³/mol. The summed E-state index contributed by atoms with van der Waals surface area (Å²) in [5.41, 5.74) is 0.729. The molecule has 1 atom stereocenters. The molecule has 2 N–H and O–H groups in total. The minimum atomic E-state index is -4.41. The summed E-state index contributed by atoms with van der Waals surface area (Å²) in [5.74, 6) is -0.158. The van der Waals surface area contributed by atoms with Gasteiger partial charge in [0.25, 0.3) is 0 Å². The van der Waals surface area contributed by atoms with Crippen molar-refractivity contribution >= 4 is 28.9 Å². The van der Waals surface area contributed by atoms with Gasteiger partial charge in [0.2, 0.25) is 11.8 Å². The molecule has 36 heavy (non-hydrogen) atoms. The number of hydrogen-bond donors (Lipinski definition) is 2. The highest BCUT2D eigenvalue weighted by Crippen LogP contribution is 2.36. The maximum atomic E-state index is 13.1. The summed E-state index contributed by atoms with van der Waals surface area (Å²) in [4.78, 5) is 29.3. The third-order valence-corrected chi connectivity index (χ3v) is 6.88. The number of anilines is 2. The number of aromatic nitrogens is 4. The molecule has 2 aliphatic rings. The number of likely N-dealkylation sites (N-methyl/N-ethyl adjacent to an activating group) is 1. The topological polar surface area (TPSA) is 99.4 Å². The SMILES string of the molecule is C[C@@H](Nc1nc(C(=O)O)nc2nc(N3CCN(C)CC3)n(Cc3ccc(C(F)(F)F)cc3)c12)C1CC1. The highest BCUT2D eigenvalue weighted by atomic mass is 19.4. The van der Waals surface area contributed by atoms with Crippen molar-refractivity contribution in [1.82, 2.24) is 24.4 Å². The Labute approximate surface area is 206 Å². The van der Waals surface area contributed by atoms with E-state index in [1.165, 1.54) is 12.1 Å². The number of alkyl halides is 3. The van der Waals surface area contributed by atoms with Gasteiger partial charge in [-0.15, -0.1) is 0 Å². The van der Waals surface area contributed by atoms with Crippen LogP contribution in [0.5, 0.6) is 0 Å². The number of nitrogens with one attached hydrogen (secondary N) is 1. The molecular formula is C24H28F3N7O2. The van der Waals surface area contributed by atoms with Gasteiger partial charge in [-0.3, -0.25) is 0 Å². The Balaban J connectivity index is 1.62. The van der Waals surface area contributed by atoms with Gasteiger partial charge in [0.15, 0.2) is 11.5 Å². The smallest absolute Gasteiger partial charge is 0.416 e. The fourth-order valence-electron chi connectivity index (χ4n) is 4.53. The third kappa shape index (κ3) is 4.95. The summed E-state index contributed by atoms with van der Waals surface area (Å²) in [7, 11) is 2.04. The number of benzene rings is 1. The van der Waals surface area contributed by atoms with E-state index in [0.29, 0.717) is 41.9 Å². The molecule has 2 aromatic heterocycles. The number of fused-ring (bicyclic) bond motifs is 1. The number of carboxylic acid groups (broad SMARTS) is 1. The number of aromatic carboxylic acids is 1. The molecule has 1 aliphatic carbocycles. The van der Waals surface area contributed by atoms with Crippen LogP contribution in [0.2, 0.25) is 0 Å². The zero-order valence-corrected chi connectivity index (χ0v) is 20.1. The van der Waals surface area contributed by atoms with Crippen molar-refractivity contribution in [3.05, 3.63) is 41.2 Å². The van der Waals surface area contributed by atoms with E-state index >= 15 is 0 Å². The van der Waals surface area contributed by atoms with Crippen LogP contribution < -0.4 is 10.2 Å². The molecule has 0 radical (unpaired) electrons. The third-order valence-electron chi connectivity index (χ3n) is 6.88. The van der Waals surface area contributed by atoms with Gasteiger partial charge >= 0.3 is 12.1 Å². The molecule has 1 aromatic carbocycles. The molecule has 192 valence electrons. The van der Waals surface area contributed by atoms with Crippen LogP contribution >= 0.6 is 0 Å². The largest absolute Gasteiger partial charge is 0.475 e. The quantitative estimate of drug-likeness (QED) is 0.505. The molecule has 1 saturated heterocycles. The van der Waals surface area contributed by atoms with Crippen LogP contribution in [0.4, 0.5) is 24.9 Å². The lowest BCUT2D eigenvalue weighted by Crippen LogP contribution is -2.45. The average Bonchev–Trinajstić information content (AvgIpc) is 3.62. The van der Waals surface area contributed by atoms with Crippen LogP contribution in [0.3, 0.4) is 0 Å². The molecule has 3 aromatic rings. The monoisotopic (exact) mass is 503 g/mol. The van der Waals surface area contributed by atoms with E-state index in [4.69, 9.17) is 4.98 Å². The van der Waals surface area contributed by atoms with Crippen LogP contribution in [0.1, 0.15) is 41.5 Å². The van der Waals surface area contributed by atoms with Crippen molar-refractivity contribution in [1.29, 1.82) is 0 Å². The summed E-state index contributed by atoms with van der Waals surface area (Å²) < 4.78 is 41.2. The van der Waals surface area contributed by atoms with Crippen LogP contribution in [0.15, 0.2) is 24.3 Å². The number of rotatable bonds is 7. The van der Waals surface area contributed by atoms with Gasteiger partial charge < -0.3 is 24.8 Å². The zero-order chi connectivity index (χ0) is 25.6. The second kappa shape index (κ2) is 9.23. The van der Waals surface area contributed by atoms with E-state index in [0.717, 1.165) is 38.1 Å². The molecule has 0 spiro atoms. The lowest BCUT2D eigenvalue weighted by molar-refractivity contribution is -0.137. The zero-order valence-electron chi connectivity index (χ0n) is 20.1. The Hall–Kier alpha value is -3.41. The van der Waals surface area contributed by atoms with Crippen LogP contribution in [0.25, 0.3) is 11.2 Å². The first-order valence-corrected chi connectivity index (χ1v) is 12.0. The average molecular weight is 504 g/mol. The standard InChI is InChI=1S/C24H28F3N7O2/c1-14(16-5-6-16)28-19-18-20(30-21(29-19)22(35)36)31-23(33-11-9-32(2)10-12-33)34(18)13-15-3-7-17(8-4-15)24(25,26)27/h3-4,7-8,14,16H,5-6,9-13H2,1-2H3,(H,35,36)(H,28,29,30)/t14-/m1/s1. The van der Waals surface area contributed by atoms with E-state index in [-0.39, 0.29) is 24.1 Å². The summed E-state index contributed by atoms with van der Waals surface area (Å²) in [5, 5.41) is 13.0. The molecule has 0 amide bonds. The van der Waals surface area contributed by atoms with Crippen molar-refractivity contribution in [2.24, 2.45) is 5.92 Å². The molecule has 0 unspecified atom stereocenters.